The molecule has 0 fully saturated rings. The quantitative estimate of drug-likeness (QED) is 0.189. The maximum Gasteiger partial charge on any atom is 0.287 e. The van der Waals surface area contributed by atoms with Gasteiger partial charge >= 0.3 is 0 Å². The number of aromatic nitrogens is 1. The van der Waals surface area contributed by atoms with Crippen molar-refractivity contribution in [2.24, 2.45) is 5.10 Å². The van der Waals surface area contributed by atoms with Crippen LogP contribution < -0.4 is 10.2 Å². The Hall–Kier alpha value is -2.20. The van der Waals surface area contributed by atoms with Gasteiger partial charge in [-0.3, -0.25) is 15.5 Å². The lowest BCUT2D eigenvalue weighted by atomic mass is 10.2. The molecule has 11 heteroatoms. The topological polar surface area (TPSA) is 89.7 Å². The van der Waals surface area contributed by atoms with Crippen molar-refractivity contribution in [3.63, 3.8) is 0 Å². The zero-order valence-corrected chi connectivity index (χ0v) is 19.7. The van der Waals surface area contributed by atoms with E-state index in [0.29, 0.717) is 21.6 Å². The normalized spacial score (nSPS) is 10.9. The SMILES string of the molecule is O=[N+]([O-])c1ccc(N/N=C/c2cc(Br)c(OCc3ccc(Cl)cc3Cl)c(Br)c2)nc1. The number of nitrogens with one attached hydrogen (secondary N) is 1. The maximum absolute atomic E-state index is 10.6. The first kappa shape index (κ1) is 22.5. The Kier molecular flexibility index (Phi) is 7.65. The fourth-order valence-electron chi connectivity index (χ4n) is 2.31. The Morgan fingerprint density at radius 3 is 2.50 bits per heavy atom. The van der Waals surface area contributed by atoms with Crippen LogP contribution in [0.15, 0.2) is 62.7 Å². The molecule has 154 valence electrons. The first-order valence-corrected chi connectivity index (χ1v) is 10.6. The summed E-state index contributed by atoms with van der Waals surface area (Å²) in [6.45, 7) is 0.272. The highest BCUT2D eigenvalue weighted by molar-refractivity contribution is 9.11. The van der Waals surface area contributed by atoms with Crippen molar-refractivity contribution < 1.29 is 9.66 Å². The summed E-state index contributed by atoms with van der Waals surface area (Å²) in [4.78, 5) is 14.1. The minimum Gasteiger partial charge on any atom is -0.486 e. The summed E-state index contributed by atoms with van der Waals surface area (Å²) in [5, 5.41) is 15.8. The van der Waals surface area contributed by atoms with Crippen LogP contribution >= 0.6 is 55.1 Å². The molecule has 2 aromatic carbocycles. The summed E-state index contributed by atoms with van der Waals surface area (Å²) in [5.41, 5.74) is 4.22. The van der Waals surface area contributed by atoms with E-state index in [2.05, 4.69) is 47.4 Å². The second-order valence-corrected chi connectivity index (χ2v) is 8.42. The Bertz CT molecular complexity index is 1090. The minimum absolute atomic E-state index is 0.0899. The van der Waals surface area contributed by atoms with Crippen LogP contribution in [0.5, 0.6) is 5.75 Å². The number of halogens is 4. The van der Waals surface area contributed by atoms with E-state index in [4.69, 9.17) is 27.9 Å². The van der Waals surface area contributed by atoms with E-state index in [1.807, 2.05) is 18.2 Å². The van der Waals surface area contributed by atoms with E-state index in [1.54, 1.807) is 18.3 Å². The van der Waals surface area contributed by atoms with Crippen LogP contribution in [0.3, 0.4) is 0 Å². The van der Waals surface area contributed by atoms with E-state index in [-0.39, 0.29) is 12.3 Å². The first-order valence-electron chi connectivity index (χ1n) is 8.29. The molecule has 1 aromatic heterocycles. The molecule has 3 aromatic rings. The molecule has 0 saturated heterocycles. The van der Waals surface area contributed by atoms with Gasteiger partial charge in [-0.15, -0.1) is 0 Å². The molecule has 0 aliphatic heterocycles. The van der Waals surface area contributed by atoms with Crippen molar-refractivity contribution in [3.05, 3.63) is 88.9 Å². The van der Waals surface area contributed by atoms with Gasteiger partial charge in [0, 0.05) is 21.7 Å². The molecule has 0 amide bonds. The highest BCUT2D eigenvalue weighted by atomic mass is 79.9. The fraction of sp³-hybridized carbons (Fsp3) is 0.0526. The van der Waals surface area contributed by atoms with E-state index >= 15 is 0 Å². The first-order chi connectivity index (χ1) is 14.3. The lowest BCUT2D eigenvalue weighted by Crippen LogP contribution is -1.99. The molecular formula is C19H12Br2Cl2N4O3. The van der Waals surface area contributed by atoms with Crippen LogP contribution in [0.2, 0.25) is 10.0 Å². The number of pyridine rings is 1. The van der Waals surface area contributed by atoms with Gasteiger partial charge in [-0.25, -0.2) is 4.98 Å². The number of hydrazone groups is 1. The Morgan fingerprint density at radius 2 is 1.90 bits per heavy atom. The highest BCUT2D eigenvalue weighted by Crippen LogP contribution is 2.35. The molecule has 1 N–H and O–H groups in total. The molecule has 0 spiro atoms. The van der Waals surface area contributed by atoms with Crippen molar-refractivity contribution >= 4 is 72.8 Å². The van der Waals surface area contributed by atoms with Crippen molar-refractivity contribution in [2.45, 2.75) is 6.61 Å². The Balaban J connectivity index is 1.66. The second-order valence-electron chi connectivity index (χ2n) is 5.87. The number of ether oxygens (including phenoxy) is 1. The van der Waals surface area contributed by atoms with Crippen molar-refractivity contribution in [2.75, 3.05) is 5.43 Å². The highest BCUT2D eigenvalue weighted by Gasteiger charge is 2.10. The lowest BCUT2D eigenvalue weighted by molar-refractivity contribution is -0.385. The van der Waals surface area contributed by atoms with Crippen molar-refractivity contribution in [1.29, 1.82) is 0 Å². The van der Waals surface area contributed by atoms with Gasteiger partial charge in [-0.2, -0.15) is 5.10 Å². The molecule has 0 atom stereocenters. The van der Waals surface area contributed by atoms with E-state index in [9.17, 15) is 10.1 Å². The molecule has 0 bridgehead atoms. The van der Waals surface area contributed by atoms with Crippen molar-refractivity contribution in [3.8, 4) is 5.75 Å². The molecule has 0 aliphatic rings. The van der Waals surface area contributed by atoms with Gasteiger partial charge < -0.3 is 4.74 Å². The number of anilines is 1. The van der Waals surface area contributed by atoms with Gasteiger partial charge in [0.25, 0.3) is 5.69 Å². The zero-order valence-electron chi connectivity index (χ0n) is 15.0. The van der Waals surface area contributed by atoms with Gasteiger partial charge in [-0.1, -0.05) is 29.3 Å². The second kappa shape index (κ2) is 10.2. The zero-order chi connectivity index (χ0) is 21.7. The van der Waals surface area contributed by atoms with Gasteiger partial charge in [-0.05, 0) is 67.8 Å². The summed E-state index contributed by atoms with van der Waals surface area (Å²) in [6.07, 6.45) is 2.74. The molecule has 0 unspecified atom stereocenters. The van der Waals surface area contributed by atoms with Gasteiger partial charge in [0.2, 0.25) is 0 Å². The van der Waals surface area contributed by atoms with Crippen LogP contribution in [-0.2, 0) is 6.61 Å². The largest absolute Gasteiger partial charge is 0.486 e. The van der Waals surface area contributed by atoms with Crippen LogP contribution in [0.25, 0.3) is 0 Å². The monoisotopic (exact) mass is 572 g/mol. The summed E-state index contributed by atoms with van der Waals surface area (Å²) in [5.74, 6) is 0.998. The lowest BCUT2D eigenvalue weighted by Gasteiger charge is -2.12. The number of nitro groups is 1. The van der Waals surface area contributed by atoms with Crippen molar-refractivity contribution in [1.82, 2.24) is 4.98 Å². The summed E-state index contributed by atoms with van der Waals surface area (Å²) < 4.78 is 7.33. The summed E-state index contributed by atoms with van der Waals surface area (Å²) in [7, 11) is 0. The third kappa shape index (κ3) is 5.91. The molecule has 0 radical (unpaired) electrons. The smallest absolute Gasteiger partial charge is 0.287 e. The molecular weight excluding hydrogens is 563 g/mol. The summed E-state index contributed by atoms with van der Waals surface area (Å²) >= 11 is 19.1. The Morgan fingerprint density at radius 1 is 1.17 bits per heavy atom. The van der Waals surface area contributed by atoms with Gasteiger partial charge in [0.1, 0.15) is 24.4 Å². The average Bonchev–Trinajstić information content (AvgIpc) is 2.69. The molecule has 30 heavy (non-hydrogen) atoms. The number of nitrogens with zero attached hydrogens (tertiary/aromatic N) is 3. The number of hydrogen-bond acceptors (Lipinski definition) is 6. The molecule has 1 heterocycles. The molecule has 3 rings (SSSR count). The Labute approximate surface area is 198 Å². The predicted molar refractivity (Wildman–Crippen MR) is 125 cm³/mol. The van der Waals surface area contributed by atoms with E-state index < -0.39 is 4.92 Å². The molecule has 7 nitrogen and oxygen atoms in total. The van der Waals surface area contributed by atoms with Gasteiger partial charge in [0.05, 0.1) is 20.1 Å². The number of rotatable bonds is 7. The number of hydrogen-bond donors (Lipinski definition) is 1. The average molecular weight is 575 g/mol. The number of benzene rings is 2. The van der Waals surface area contributed by atoms with E-state index in [1.165, 1.54) is 12.1 Å². The third-order valence-electron chi connectivity index (χ3n) is 3.76. The third-order valence-corrected chi connectivity index (χ3v) is 5.52. The van der Waals surface area contributed by atoms with Crippen LogP contribution in [0, 0.1) is 10.1 Å². The fourth-order valence-corrected chi connectivity index (χ4v) is 4.23. The van der Waals surface area contributed by atoms with Crippen LogP contribution in [0.1, 0.15) is 11.1 Å². The predicted octanol–water partition coefficient (Wildman–Crippen LogP) is 6.85. The summed E-state index contributed by atoms with van der Waals surface area (Å²) in [6, 6.07) is 11.7. The van der Waals surface area contributed by atoms with E-state index in [0.717, 1.165) is 26.3 Å². The molecule has 0 saturated carbocycles. The van der Waals surface area contributed by atoms with Gasteiger partial charge in [0.15, 0.2) is 0 Å². The standard InChI is InChI=1S/C19H12Br2Cl2N4O3/c20-15-5-11(8-25-26-18-4-3-14(9-24-18)27(28)29)6-16(21)19(15)30-10-12-1-2-13(22)7-17(12)23/h1-9H,10H2,(H,24,26)/b25-8+. The van der Waals surface area contributed by atoms with Crippen LogP contribution in [-0.4, -0.2) is 16.1 Å². The minimum atomic E-state index is -0.514. The van der Waals surface area contributed by atoms with Crippen LogP contribution in [0.4, 0.5) is 11.5 Å². The molecule has 0 aliphatic carbocycles. The maximum atomic E-state index is 10.6.